The number of hydrogen-bond donors (Lipinski definition) is 3. The Balaban J connectivity index is 2.84. The Morgan fingerprint density at radius 2 is 2.11 bits per heavy atom. The summed E-state index contributed by atoms with van der Waals surface area (Å²) in [6.45, 7) is 5.94. The molecular weight excluding hydrogens is 228 g/mol. The van der Waals surface area contributed by atoms with E-state index in [2.05, 4.69) is 5.32 Å². The second-order valence-corrected chi connectivity index (χ2v) is 4.86. The van der Waals surface area contributed by atoms with Gasteiger partial charge >= 0.3 is 0 Å². The second kappa shape index (κ2) is 6.40. The summed E-state index contributed by atoms with van der Waals surface area (Å²) in [5.41, 5.74) is 7.79. The van der Waals surface area contributed by atoms with E-state index in [1.807, 2.05) is 20.8 Å². The predicted molar refractivity (Wildman–Crippen MR) is 73.4 cm³/mol. The van der Waals surface area contributed by atoms with Crippen molar-refractivity contribution in [3.05, 3.63) is 29.3 Å². The number of anilines is 1. The fourth-order valence-electron chi connectivity index (χ4n) is 1.86. The van der Waals surface area contributed by atoms with Crippen LogP contribution in [0.1, 0.15) is 36.2 Å². The number of nitrogens with two attached hydrogens (primary N) is 1. The van der Waals surface area contributed by atoms with Crippen LogP contribution in [0, 0.1) is 12.8 Å². The normalized spacial score (nSPS) is 12.5. The minimum atomic E-state index is -0.132. The molecule has 0 aliphatic heterocycles. The van der Waals surface area contributed by atoms with Gasteiger partial charge < -0.3 is 16.2 Å². The lowest BCUT2D eigenvalue weighted by Gasteiger charge is -2.22. The fourth-order valence-corrected chi connectivity index (χ4v) is 1.86. The number of hydrogen-bond acceptors (Lipinski definition) is 3. The minimum Gasteiger partial charge on any atom is -0.398 e. The molecule has 0 heterocycles. The van der Waals surface area contributed by atoms with Crippen LogP contribution in [0.2, 0.25) is 0 Å². The van der Waals surface area contributed by atoms with Crippen LogP contribution in [0.4, 0.5) is 5.69 Å². The summed E-state index contributed by atoms with van der Waals surface area (Å²) in [7, 11) is 0. The first-order valence-corrected chi connectivity index (χ1v) is 6.24. The molecule has 1 aromatic rings. The van der Waals surface area contributed by atoms with Crippen molar-refractivity contribution in [2.45, 2.75) is 33.2 Å². The van der Waals surface area contributed by atoms with Gasteiger partial charge in [-0.2, -0.15) is 0 Å². The standard InChI is InChI=1S/C14H22N2O2/c1-9(2)13(7-8-17)16-14(18)11-5-4-6-12(15)10(11)3/h4-6,9,13,17H,7-8,15H2,1-3H3,(H,16,18). The molecule has 0 aliphatic carbocycles. The van der Waals surface area contributed by atoms with Gasteiger partial charge in [0, 0.05) is 23.9 Å². The Kier molecular flexibility index (Phi) is 5.16. The van der Waals surface area contributed by atoms with Crippen molar-refractivity contribution in [1.29, 1.82) is 0 Å². The number of nitrogens with one attached hydrogen (secondary N) is 1. The smallest absolute Gasteiger partial charge is 0.251 e. The van der Waals surface area contributed by atoms with Crippen molar-refractivity contribution in [3.8, 4) is 0 Å². The summed E-state index contributed by atoms with van der Waals surface area (Å²) >= 11 is 0. The van der Waals surface area contributed by atoms with Gasteiger partial charge in [0.25, 0.3) is 5.91 Å². The van der Waals surface area contributed by atoms with Crippen LogP contribution < -0.4 is 11.1 Å². The van der Waals surface area contributed by atoms with Gasteiger partial charge in [-0.05, 0) is 37.0 Å². The van der Waals surface area contributed by atoms with Crippen LogP contribution in [0.3, 0.4) is 0 Å². The maximum Gasteiger partial charge on any atom is 0.251 e. The van der Waals surface area contributed by atoms with Gasteiger partial charge in [-0.1, -0.05) is 19.9 Å². The van der Waals surface area contributed by atoms with Gasteiger partial charge in [0.1, 0.15) is 0 Å². The van der Waals surface area contributed by atoms with E-state index >= 15 is 0 Å². The quantitative estimate of drug-likeness (QED) is 0.696. The maximum atomic E-state index is 12.2. The molecule has 1 rings (SSSR count). The summed E-state index contributed by atoms with van der Waals surface area (Å²) < 4.78 is 0. The second-order valence-electron chi connectivity index (χ2n) is 4.86. The van der Waals surface area contributed by atoms with Gasteiger partial charge in [-0.3, -0.25) is 4.79 Å². The third-order valence-electron chi connectivity index (χ3n) is 3.18. The Hall–Kier alpha value is -1.55. The lowest BCUT2D eigenvalue weighted by Crippen LogP contribution is -2.39. The van der Waals surface area contributed by atoms with Gasteiger partial charge in [0.2, 0.25) is 0 Å². The van der Waals surface area contributed by atoms with Crippen molar-refractivity contribution >= 4 is 11.6 Å². The highest BCUT2D eigenvalue weighted by atomic mass is 16.3. The molecule has 0 aromatic heterocycles. The molecule has 4 nitrogen and oxygen atoms in total. The van der Waals surface area contributed by atoms with Crippen molar-refractivity contribution in [3.63, 3.8) is 0 Å². The monoisotopic (exact) mass is 250 g/mol. The van der Waals surface area contributed by atoms with Crippen molar-refractivity contribution in [2.75, 3.05) is 12.3 Å². The highest BCUT2D eigenvalue weighted by Gasteiger charge is 2.18. The zero-order valence-electron chi connectivity index (χ0n) is 11.2. The lowest BCUT2D eigenvalue weighted by molar-refractivity contribution is 0.0916. The van der Waals surface area contributed by atoms with Crippen molar-refractivity contribution in [2.24, 2.45) is 5.92 Å². The predicted octanol–water partition coefficient (Wildman–Crippen LogP) is 1.71. The number of carbonyl (C=O) groups excluding carboxylic acids is 1. The summed E-state index contributed by atoms with van der Waals surface area (Å²) in [6.07, 6.45) is 0.560. The third kappa shape index (κ3) is 3.47. The lowest BCUT2D eigenvalue weighted by atomic mass is 10.00. The summed E-state index contributed by atoms with van der Waals surface area (Å²) in [5.74, 6) is 0.148. The number of aliphatic hydroxyl groups excluding tert-OH is 1. The third-order valence-corrected chi connectivity index (χ3v) is 3.18. The zero-order chi connectivity index (χ0) is 13.7. The highest BCUT2D eigenvalue weighted by Crippen LogP contribution is 2.16. The summed E-state index contributed by atoms with van der Waals surface area (Å²) in [5, 5.41) is 11.9. The first kappa shape index (κ1) is 14.5. The number of amides is 1. The van der Waals surface area contributed by atoms with Gasteiger partial charge in [0.15, 0.2) is 0 Å². The molecule has 0 fully saturated rings. The molecule has 100 valence electrons. The summed E-state index contributed by atoms with van der Waals surface area (Å²) in [4.78, 5) is 12.2. The minimum absolute atomic E-state index is 0.0247. The van der Waals surface area contributed by atoms with E-state index < -0.39 is 0 Å². The van der Waals surface area contributed by atoms with Crippen LogP contribution >= 0.6 is 0 Å². The molecule has 0 radical (unpaired) electrons. The van der Waals surface area contributed by atoms with Crippen LogP contribution in [0.15, 0.2) is 18.2 Å². The van der Waals surface area contributed by atoms with E-state index in [-0.39, 0.29) is 24.5 Å². The first-order chi connectivity index (χ1) is 8.47. The molecular formula is C14H22N2O2. The Labute approximate surface area is 108 Å². The Bertz CT molecular complexity index is 416. The van der Waals surface area contributed by atoms with Gasteiger partial charge in [0.05, 0.1) is 0 Å². The maximum absolute atomic E-state index is 12.2. The van der Waals surface area contributed by atoms with Gasteiger partial charge in [-0.15, -0.1) is 0 Å². The molecule has 4 heteroatoms. The molecule has 1 amide bonds. The number of benzene rings is 1. The topological polar surface area (TPSA) is 75.4 Å². The summed E-state index contributed by atoms with van der Waals surface area (Å²) in [6, 6.07) is 5.29. The average molecular weight is 250 g/mol. The molecule has 18 heavy (non-hydrogen) atoms. The molecule has 1 aromatic carbocycles. The molecule has 1 atom stereocenters. The van der Waals surface area contributed by atoms with Crippen LogP contribution in [0.25, 0.3) is 0 Å². The zero-order valence-corrected chi connectivity index (χ0v) is 11.2. The highest BCUT2D eigenvalue weighted by molar-refractivity contribution is 5.97. The Morgan fingerprint density at radius 1 is 1.44 bits per heavy atom. The molecule has 1 unspecified atom stereocenters. The van der Waals surface area contributed by atoms with Crippen LogP contribution in [-0.4, -0.2) is 23.7 Å². The molecule has 0 aliphatic rings. The number of aliphatic hydroxyl groups is 1. The number of nitrogen functional groups attached to an aromatic ring is 1. The van der Waals surface area contributed by atoms with E-state index in [1.54, 1.807) is 18.2 Å². The number of carbonyl (C=O) groups is 1. The molecule has 0 saturated heterocycles. The van der Waals surface area contributed by atoms with E-state index in [9.17, 15) is 4.79 Å². The Morgan fingerprint density at radius 3 is 2.67 bits per heavy atom. The average Bonchev–Trinajstić information content (AvgIpc) is 2.31. The van der Waals surface area contributed by atoms with Crippen LogP contribution in [-0.2, 0) is 0 Å². The fraction of sp³-hybridized carbons (Fsp3) is 0.500. The van der Waals surface area contributed by atoms with Crippen molar-refractivity contribution < 1.29 is 9.90 Å². The van der Waals surface area contributed by atoms with E-state index in [0.717, 1.165) is 5.56 Å². The van der Waals surface area contributed by atoms with E-state index in [1.165, 1.54) is 0 Å². The van der Waals surface area contributed by atoms with E-state index in [0.29, 0.717) is 17.7 Å². The molecule has 0 spiro atoms. The van der Waals surface area contributed by atoms with Crippen molar-refractivity contribution in [1.82, 2.24) is 5.32 Å². The van der Waals surface area contributed by atoms with Crippen LogP contribution in [0.5, 0.6) is 0 Å². The van der Waals surface area contributed by atoms with E-state index in [4.69, 9.17) is 10.8 Å². The van der Waals surface area contributed by atoms with Gasteiger partial charge in [-0.25, -0.2) is 0 Å². The SMILES string of the molecule is Cc1c(N)cccc1C(=O)NC(CCO)C(C)C. The number of rotatable bonds is 5. The first-order valence-electron chi connectivity index (χ1n) is 6.24. The molecule has 4 N–H and O–H groups in total. The largest absolute Gasteiger partial charge is 0.398 e. The molecule has 0 saturated carbocycles. The molecule has 0 bridgehead atoms.